The molecular weight excluding hydrogens is 536 g/mol. The molecule has 6 heteroatoms. The molecule has 222 valence electrons. The summed E-state index contributed by atoms with van der Waals surface area (Å²) in [4.78, 5) is 21.5. The largest absolute Gasteiger partial charge is 0.478 e. The number of hydrogen-bond donors (Lipinski definition) is 2. The van der Waals surface area contributed by atoms with E-state index in [1.807, 2.05) is 43.3 Å². The molecule has 0 saturated carbocycles. The Morgan fingerprint density at radius 3 is 2.12 bits per heavy atom. The van der Waals surface area contributed by atoms with Gasteiger partial charge < -0.3 is 10.4 Å². The van der Waals surface area contributed by atoms with Gasteiger partial charge in [-0.3, -0.25) is 10.1 Å². The summed E-state index contributed by atoms with van der Waals surface area (Å²) >= 11 is 0. The van der Waals surface area contributed by atoms with E-state index in [0.29, 0.717) is 5.56 Å². The van der Waals surface area contributed by atoms with Crippen molar-refractivity contribution in [2.24, 2.45) is 0 Å². The van der Waals surface area contributed by atoms with Gasteiger partial charge in [0.1, 0.15) is 0 Å². The summed E-state index contributed by atoms with van der Waals surface area (Å²) < 4.78 is 0. The Morgan fingerprint density at radius 1 is 0.930 bits per heavy atom. The monoisotopic (exact) mass is 576 g/mol. The Hall–Kier alpha value is -4.97. The second kappa shape index (κ2) is 14.8. The van der Waals surface area contributed by atoms with Crippen LogP contribution in [-0.4, -0.2) is 16.0 Å². The number of carboxylic acid groups (broad SMARTS) is 1. The zero-order chi connectivity index (χ0) is 31.7. The van der Waals surface area contributed by atoms with E-state index < -0.39 is 5.97 Å². The Bertz CT molecular complexity index is 1630. The van der Waals surface area contributed by atoms with Gasteiger partial charge in [0.15, 0.2) is 0 Å². The number of carbonyl (C=O) groups is 1. The average molecular weight is 577 g/mol. The van der Waals surface area contributed by atoms with Crippen LogP contribution in [0, 0.1) is 17.0 Å². The zero-order valence-corrected chi connectivity index (χ0v) is 25.8. The van der Waals surface area contributed by atoms with Crippen LogP contribution in [0.2, 0.25) is 0 Å². The van der Waals surface area contributed by atoms with E-state index in [-0.39, 0.29) is 16.7 Å². The Morgan fingerprint density at radius 2 is 1.56 bits per heavy atom. The van der Waals surface area contributed by atoms with Gasteiger partial charge in [0.2, 0.25) is 0 Å². The number of aryl methyl sites for hydroxylation is 2. The second-order valence-corrected chi connectivity index (χ2v) is 10.7. The fourth-order valence-electron chi connectivity index (χ4n) is 4.64. The van der Waals surface area contributed by atoms with Crippen molar-refractivity contribution < 1.29 is 14.8 Å². The van der Waals surface area contributed by atoms with Crippen molar-refractivity contribution in [2.75, 3.05) is 0 Å². The highest BCUT2D eigenvalue weighted by atomic mass is 16.6. The van der Waals surface area contributed by atoms with E-state index in [0.717, 1.165) is 34.4 Å². The van der Waals surface area contributed by atoms with Crippen LogP contribution in [0.4, 0.5) is 5.69 Å². The van der Waals surface area contributed by atoms with Gasteiger partial charge in [-0.2, -0.15) is 0 Å². The molecule has 6 nitrogen and oxygen atoms in total. The van der Waals surface area contributed by atoms with Gasteiger partial charge in [-0.25, -0.2) is 4.79 Å². The molecule has 0 aliphatic rings. The highest BCUT2D eigenvalue weighted by Crippen LogP contribution is 2.27. The summed E-state index contributed by atoms with van der Waals surface area (Å²) in [5, 5.41) is 23.3. The van der Waals surface area contributed by atoms with E-state index in [1.165, 1.54) is 40.0 Å². The lowest BCUT2D eigenvalue weighted by Gasteiger charge is -2.19. The number of allylic oxidation sites excluding steroid dienone is 2. The SMILES string of the molecule is C=C(N[C@H](C)c1ccc([N+](=O)[O-])cc1)c1ccc(C)c(C(C)=C(C)C)c1.CCc1ccc(-c2ccccc2C(=O)O)cc1. The number of nitrogens with zero attached hydrogens (tertiary/aromatic N) is 1. The zero-order valence-electron chi connectivity index (χ0n) is 25.8. The molecule has 4 rings (SSSR count). The first-order valence-electron chi connectivity index (χ1n) is 14.3. The van der Waals surface area contributed by atoms with Crippen molar-refractivity contribution in [3.8, 4) is 11.1 Å². The van der Waals surface area contributed by atoms with E-state index in [9.17, 15) is 14.9 Å². The Balaban J connectivity index is 0.000000257. The normalized spacial score (nSPS) is 11.0. The van der Waals surface area contributed by atoms with Crippen LogP contribution in [0.15, 0.2) is 103 Å². The highest BCUT2D eigenvalue weighted by molar-refractivity contribution is 5.96. The molecule has 0 amide bonds. The minimum absolute atomic E-state index is 0.00222. The third kappa shape index (κ3) is 8.52. The van der Waals surface area contributed by atoms with Crippen LogP contribution in [0.5, 0.6) is 0 Å². The smallest absolute Gasteiger partial charge is 0.336 e. The Labute approximate surface area is 254 Å². The first-order chi connectivity index (χ1) is 20.4. The summed E-state index contributed by atoms with van der Waals surface area (Å²) in [6.07, 6.45) is 0.987. The molecule has 2 N–H and O–H groups in total. The minimum atomic E-state index is -0.889. The average Bonchev–Trinajstić information content (AvgIpc) is 3.01. The number of hydrogen-bond acceptors (Lipinski definition) is 4. The molecule has 0 saturated heterocycles. The van der Waals surface area contributed by atoms with Crippen LogP contribution in [0.3, 0.4) is 0 Å². The first-order valence-corrected chi connectivity index (χ1v) is 14.3. The number of benzene rings is 4. The molecule has 4 aromatic carbocycles. The number of aromatic carboxylic acids is 1. The fraction of sp³-hybridized carbons (Fsp3) is 0.216. The topological polar surface area (TPSA) is 92.5 Å². The van der Waals surface area contributed by atoms with Crippen molar-refractivity contribution in [2.45, 2.75) is 54.0 Å². The summed E-state index contributed by atoms with van der Waals surface area (Å²) in [6.45, 7) is 16.8. The maximum Gasteiger partial charge on any atom is 0.336 e. The third-order valence-electron chi connectivity index (χ3n) is 7.57. The lowest BCUT2D eigenvalue weighted by atomic mass is 9.95. The quantitative estimate of drug-likeness (QED) is 0.153. The van der Waals surface area contributed by atoms with Gasteiger partial charge in [-0.1, -0.05) is 85.8 Å². The number of carboxylic acids is 1. The molecule has 0 heterocycles. The van der Waals surface area contributed by atoms with Gasteiger partial charge in [-0.15, -0.1) is 0 Å². The molecule has 0 spiro atoms. The van der Waals surface area contributed by atoms with Gasteiger partial charge >= 0.3 is 5.97 Å². The van der Waals surface area contributed by atoms with Crippen LogP contribution in [-0.2, 0) is 6.42 Å². The molecule has 43 heavy (non-hydrogen) atoms. The molecule has 0 aliphatic heterocycles. The molecule has 0 unspecified atom stereocenters. The number of nitrogens with one attached hydrogen (secondary N) is 1. The van der Waals surface area contributed by atoms with Crippen molar-refractivity contribution in [1.82, 2.24) is 5.32 Å². The van der Waals surface area contributed by atoms with Crippen molar-refractivity contribution >= 4 is 22.9 Å². The minimum Gasteiger partial charge on any atom is -0.478 e. The molecule has 0 fully saturated rings. The number of rotatable bonds is 9. The summed E-state index contributed by atoms with van der Waals surface area (Å²) in [7, 11) is 0. The van der Waals surface area contributed by atoms with Crippen LogP contribution < -0.4 is 5.32 Å². The number of non-ortho nitro benzene ring substituents is 1. The van der Waals surface area contributed by atoms with Crippen LogP contribution >= 0.6 is 0 Å². The van der Waals surface area contributed by atoms with Gasteiger partial charge in [0, 0.05) is 23.9 Å². The first kappa shape index (κ1) is 32.5. The van der Waals surface area contributed by atoms with Crippen LogP contribution in [0.1, 0.15) is 78.8 Å². The Kier molecular flexibility index (Phi) is 11.2. The summed E-state index contributed by atoms with van der Waals surface area (Å²) in [6, 6.07) is 28.0. The lowest BCUT2D eigenvalue weighted by Crippen LogP contribution is -2.16. The molecule has 0 bridgehead atoms. The van der Waals surface area contributed by atoms with Crippen molar-refractivity contribution in [3.63, 3.8) is 0 Å². The molecule has 0 aliphatic carbocycles. The standard InChI is InChI=1S/C22H26N2O2.C15H14O2/c1-14(2)16(4)22-13-20(8-7-15(22)3)18(6)23-17(5)19-9-11-21(12-10-19)24(25)26;1-2-11-7-9-12(10-8-11)13-5-3-4-6-14(13)15(16)17/h7-13,17,23H,6H2,1-5H3;3-10H,2H2,1H3,(H,16,17)/t17-;/m1./s1. The van der Waals surface area contributed by atoms with Gasteiger partial charge in [0.25, 0.3) is 5.69 Å². The molecule has 1 atom stereocenters. The van der Waals surface area contributed by atoms with E-state index in [4.69, 9.17) is 5.11 Å². The summed E-state index contributed by atoms with van der Waals surface area (Å²) in [5.74, 6) is -0.889. The number of nitro groups is 1. The lowest BCUT2D eigenvalue weighted by molar-refractivity contribution is -0.384. The van der Waals surface area contributed by atoms with E-state index in [2.05, 4.69) is 64.7 Å². The summed E-state index contributed by atoms with van der Waals surface area (Å²) in [5.41, 5.74) is 11.3. The predicted octanol–water partition coefficient (Wildman–Crippen LogP) is 9.65. The number of nitro benzene ring substituents is 1. The maximum absolute atomic E-state index is 11.1. The highest BCUT2D eigenvalue weighted by Gasteiger charge is 2.12. The molecular formula is C37H40N2O4. The van der Waals surface area contributed by atoms with E-state index >= 15 is 0 Å². The van der Waals surface area contributed by atoms with Gasteiger partial charge in [-0.05, 0) is 97.7 Å². The second-order valence-electron chi connectivity index (χ2n) is 10.7. The van der Waals surface area contributed by atoms with Gasteiger partial charge in [0.05, 0.1) is 10.5 Å². The third-order valence-corrected chi connectivity index (χ3v) is 7.57. The van der Waals surface area contributed by atoms with E-state index in [1.54, 1.807) is 24.3 Å². The molecule has 0 radical (unpaired) electrons. The maximum atomic E-state index is 11.1. The van der Waals surface area contributed by atoms with Crippen molar-refractivity contribution in [1.29, 1.82) is 0 Å². The predicted molar refractivity (Wildman–Crippen MR) is 177 cm³/mol. The molecule has 4 aromatic rings. The fourth-order valence-corrected chi connectivity index (χ4v) is 4.64. The van der Waals surface area contributed by atoms with Crippen LogP contribution in [0.25, 0.3) is 22.4 Å². The molecule has 0 aromatic heterocycles. The van der Waals surface area contributed by atoms with Crippen molar-refractivity contribution in [3.05, 3.63) is 147 Å².